The summed E-state index contributed by atoms with van der Waals surface area (Å²) in [5.41, 5.74) is 3.47. The fraction of sp³-hybridized carbons (Fsp3) is 0.333. The Hall–Kier alpha value is -2.14. The van der Waals surface area contributed by atoms with Crippen molar-refractivity contribution in [1.29, 1.82) is 0 Å². The van der Waals surface area contributed by atoms with E-state index in [-0.39, 0.29) is 5.91 Å². The van der Waals surface area contributed by atoms with Crippen molar-refractivity contribution in [1.82, 2.24) is 15.1 Å². The Bertz CT molecular complexity index is 592. The van der Waals surface area contributed by atoms with Crippen molar-refractivity contribution in [3.05, 3.63) is 47.8 Å². The van der Waals surface area contributed by atoms with Crippen molar-refractivity contribution in [3.63, 3.8) is 0 Å². The first-order chi connectivity index (χ1) is 9.83. The topological polar surface area (TPSA) is 59.0 Å². The summed E-state index contributed by atoms with van der Waals surface area (Å²) >= 11 is 0. The predicted molar refractivity (Wildman–Crippen MR) is 77.3 cm³/mol. The van der Waals surface area contributed by atoms with Crippen LogP contribution in [0.15, 0.2) is 36.7 Å². The summed E-state index contributed by atoms with van der Waals surface area (Å²) in [6.45, 7) is 2.43. The van der Waals surface area contributed by atoms with Crippen LogP contribution in [0.25, 0.3) is 0 Å². The van der Waals surface area contributed by atoms with Gasteiger partial charge in [0.15, 0.2) is 0 Å². The fourth-order valence-corrected chi connectivity index (χ4v) is 2.49. The molecule has 3 rings (SSSR count). The van der Waals surface area contributed by atoms with Crippen molar-refractivity contribution in [2.24, 2.45) is 0 Å². The average molecular weight is 270 g/mol. The monoisotopic (exact) mass is 270 g/mol. The number of anilines is 1. The number of carbonyl (C=O) groups excluding carboxylic acids is 1. The van der Waals surface area contributed by atoms with Crippen LogP contribution in [-0.4, -0.2) is 22.2 Å². The first-order valence-corrected chi connectivity index (χ1v) is 6.92. The molecule has 0 radical (unpaired) electrons. The van der Waals surface area contributed by atoms with Crippen LogP contribution >= 0.6 is 0 Å². The second-order valence-corrected chi connectivity index (χ2v) is 4.94. The van der Waals surface area contributed by atoms with E-state index in [1.807, 2.05) is 24.4 Å². The normalized spacial score (nSPS) is 13.8. The molecule has 0 unspecified atom stereocenters. The molecule has 2 N–H and O–H groups in total. The molecule has 5 heteroatoms. The number of nitrogens with one attached hydrogen (secondary N) is 2. The standard InChI is InChI=1S/C15H18N4O/c20-15(6-10-19-9-2-7-17-19)18-14-4-1-3-12-5-8-16-11-13(12)14/h1-4,7,9,16H,5-6,8,10-11H2,(H,18,20). The van der Waals surface area contributed by atoms with Gasteiger partial charge in [-0.05, 0) is 36.2 Å². The van der Waals surface area contributed by atoms with Gasteiger partial charge in [0.2, 0.25) is 5.91 Å². The Labute approximate surface area is 118 Å². The van der Waals surface area contributed by atoms with Gasteiger partial charge < -0.3 is 10.6 Å². The third kappa shape index (κ3) is 2.88. The van der Waals surface area contributed by atoms with E-state index >= 15 is 0 Å². The maximum Gasteiger partial charge on any atom is 0.226 e. The molecule has 2 aromatic rings. The van der Waals surface area contributed by atoms with Crippen LogP contribution in [0.1, 0.15) is 17.5 Å². The molecule has 1 aromatic carbocycles. The minimum Gasteiger partial charge on any atom is -0.326 e. The minimum absolute atomic E-state index is 0.0273. The zero-order chi connectivity index (χ0) is 13.8. The smallest absolute Gasteiger partial charge is 0.226 e. The molecule has 0 atom stereocenters. The van der Waals surface area contributed by atoms with E-state index in [9.17, 15) is 4.79 Å². The SMILES string of the molecule is O=C(CCn1cccn1)Nc1cccc2c1CNCC2. The number of hydrogen-bond donors (Lipinski definition) is 2. The number of rotatable bonds is 4. The van der Waals surface area contributed by atoms with Crippen LogP contribution in [0, 0.1) is 0 Å². The molecule has 0 fully saturated rings. The van der Waals surface area contributed by atoms with E-state index < -0.39 is 0 Å². The molecule has 0 spiro atoms. The average Bonchev–Trinajstić information content (AvgIpc) is 2.99. The van der Waals surface area contributed by atoms with Crippen LogP contribution in [-0.2, 0) is 24.3 Å². The van der Waals surface area contributed by atoms with Gasteiger partial charge >= 0.3 is 0 Å². The predicted octanol–water partition coefficient (Wildman–Crippen LogP) is 1.56. The molecule has 2 heterocycles. The first-order valence-electron chi connectivity index (χ1n) is 6.92. The first kappa shape index (κ1) is 12.9. The van der Waals surface area contributed by atoms with Crippen LogP contribution in [0.2, 0.25) is 0 Å². The Morgan fingerprint density at radius 3 is 3.20 bits per heavy atom. The summed E-state index contributed by atoms with van der Waals surface area (Å²) in [4.78, 5) is 12.0. The summed E-state index contributed by atoms with van der Waals surface area (Å²) < 4.78 is 1.77. The van der Waals surface area contributed by atoms with E-state index in [0.29, 0.717) is 13.0 Å². The number of fused-ring (bicyclic) bond motifs is 1. The Kier molecular flexibility index (Phi) is 3.78. The molecule has 5 nitrogen and oxygen atoms in total. The lowest BCUT2D eigenvalue weighted by molar-refractivity contribution is -0.116. The number of amides is 1. The van der Waals surface area contributed by atoms with E-state index in [4.69, 9.17) is 0 Å². The number of hydrogen-bond acceptors (Lipinski definition) is 3. The summed E-state index contributed by atoms with van der Waals surface area (Å²) in [5.74, 6) is 0.0273. The van der Waals surface area contributed by atoms with Gasteiger partial charge in [-0.25, -0.2) is 0 Å². The molecular formula is C15H18N4O. The molecule has 1 amide bonds. The molecular weight excluding hydrogens is 252 g/mol. The van der Waals surface area contributed by atoms with Crippen LogP contribution in [0.3, 0.4) is 0 Å². The zero-order valence-electron chi connectivity index (χ0n) is 11.3. The lowest BCUT2D eigenvalue weighted by Gasteiger charge is -2.20. The lowest BCUT2D eigenvalue weighted by atomic mass is 9.99. The van der Waals surface area contributed by atoms with Crippen molar-refractivity contribution >= 4 is 11.6 Å². The quantitative estimate of drug-likeness (QED) is 0.886. The third-order valence-electron chi connectivity index (χ3n) is 3.55. The minimum atomic E-state index is 0.0273. The van der Waals surface area contributed by atoms with Crippen LogP contribution < -0.4 is 10.6 Å². The molecule has 1 aliphatic rings. The van der Waals surface area contributed by atoms with Crippen molar-refractivity contribution in [3.8, 4) is 0 Å². The van der Waals surface area contributed by atoms with Crippen molar-refractivity contribution in [2.45, 2.75) is 25.9 Å². The highest BCUT2D eigenvalue weighted by Gasteiger charge is 2.13. The lowest BCUT2D eigenvalue weighted by Crippen LogP contribution is -2.25. The zero-order valence-corrected chi connectivity index (χ0v) is 11.3. The second kappa shape index (κ2) is 5.88. The van der Waals surface area contributed by atoms with Crippen molar-refractivity contribution in [2.75, 3.05) is 11.9 Å². The van der Waals surface area contributed by atoms with Gasteiger partial charge in [0.1, 0.15) is 0 Å². The molecule has 0 aliphatic carbocycles. The molecule has 20 heavy (non-hydrogen) atoms. The van der Waals surface area contributed by atoms with Gasteiger partial charge in [0.05, 0.1) is 0 Å². The van der Waals surface area contributed by atoms with Crippen molar-refractivity contribution < 1.29 is 4.79 Å². The van der Waals surface area contributed by atoms with Gasteiger partial charge in [-0.15, -0.1) is 0 Å². The summed E-state index contributed by atoms with van der Waals surface area (Å²) in [6, 6.07) is 7.97. The number of benzene rings is 1. The molecule has 1 aliphatic heterocycles. The van der Waals surface area contributed by atoms with Crippen LogP contribution in [0.4, 0.5) is 5.69 Å². The van der Waals surface area contributed by atoms with Gasteiger partial charge in [0, 0.05) is 37.6 Å². The maximum atomic E-state index is 12.0. The largest absolute Gasteiger partial charge is 0.326 e. The Morgan fingerprint density at radius 2 is 2.35 bits per heavy atom. The molecule has 104 valence electrons. The Balaban J connectivity index is 1.64. The summed E-state index contributed by atoms with van der Waals surface area (Å²) in [6.07, 6.45) is 5.03. The molecule has 0 saturated carbocycles. The van der Waals surface area contributed by atoms with E-state index in [1.54, 1.807) is 10.9 Å². The van der Waals surface area contributed by atoms with Crippen LogP contribution in [0.5, 0.6) is 0 Å². The number of aromatic nitrogens is 2. The van der Waals surface area contributed by atoms with Gasteiger partial charge in [-0.3, -0.25) is 9.48 Å². The van der Waals surface area contributed by atoms with Gasteiger partial charge in [0.25, 0.3) is 0 Å². The van der Waals surface area contributed by atoms with Gasteiger partial charge in [-0.1, -0.05) is 12.1 Å². The van der Waals surface area contributed by atoms with E-state index in [1.165, 1.54) is 11.1 Å². The molecule has 0 bridgehead atoms. The maximum absolute atomic E-state index is 12.0. The summed E-state index contributed by atoms with van der Waals surface area (Å²) in [7, 11) is 0. The number of nitrogens with zero attached hydrogens (tertiary/aromatic N) is 2. The highest BCUT2D eigenvalue weighted by Crippen LogP contribution is 2.23. The van der Waals surface area contributed by atoms with E-state index in [0.717, 1.165) is 25.2 Å². The molecule has 1 aromatic heterocycles. The number of carbonyl (C=O) groups is 1. The summed E-state index contributed by atoms with van der Waals surface area (Å²) in [5, 5.41) is 10.4. The molecule has 0 saturated heterocycles. The second-order valence-electron chi connectivity index (χ2n) is 4.94. The number of aryl methyl sites for hydroxylation is 1. The van der Waals surface area contributed by atoms with Gasteiger partial charge in [-0.2, -0.15) is 5.10 Å². The highest BCUT2D eigenvalue weighted by molar-refractivity contribution is 5.91. The fourth-order valence-electron chi connectivity index (χ4n) is 2.49. The highest BCUT2D eigenvalue weighted by atomic mass is 16.1. The third-order valence-corrected chi connectivity index (χ3v) is 3.55. The Morgan fingerprint density at radius 1 is 1.40 bits per heavy atom. The van der Waals surface area contributed by atoms with E-state index in [2.05, 4.69) is 21.8 Å².